The lowest BCUT2D eigenvalue weighted by atomic mass is 9.97. The van der Waals surface area contributed by atoms with Crippen molar-refractivity contribution >= 4 is 11.5 Å². The van der Waals surface area contributed by atoms with Gasteiger partial charge >= 0.3 is 0 Å². The summed E-state index contributed by atoms with van der Waals surface area (Å²) >= 11 is 0. The molecule has 1 aliphatic rings. The topological polar surface area (TPSA) is 87.0 Å². The van der Waals surface area contributed by atoms with Crippen LogP contribution in [0.15, 0.2) is 11.1 Å². The maximum Gasteiger partial charge on any atom is 0.276 e. The standard InChI is InChI=1S/C14H25N5O/c1-10(2)6-16-7-11-4-3-5-19(8-11)13-12(15)14(20)18-9-17-13/h9-11,16H,3-8,15H2,1-2H3,(H,17,18,20). The van der Waals surface area contributed by atoms with Gasteiger partial charge in [-0.25, -0.2) is 4.98 Å². The van der Waals surface area contributed by atoms with Gasteiger partial charge in [0.15, 0.2) is 5.82 Å². The van der Waals surface area contributed by atoms with Gasteiger partial charge in [0.05, 0.1) is 6.33 Å². The third kappa shape index (κ3) is 3.72. The summed E-state index contributed by atoms with van der Waals surface area (Å²) in [6, 6.07) is 0. The Hall–Kier alpha value is -1.56. The minimum atomic E-state index is -0.255. The lowest BCUT2D eigenvalue weighted by Gasteiger charge is -2.34. The average molecular weight is 279 g/mol. The van der Waals surface area contributed by atoms with Crippen molar-refractivity contribution in [1.82, 2.24) is 15.3 Å². The number of rotatable bonds is 5. The zero-order valence-corrected chi connectivity index (χ0v) is 12.4. The van der Waals surface area contributed by atoms with Gasteiger partial charge in [0, 0.05) is 13.1 Å². The predicted molar refractivity (Wildman–Crippen MR) is 81.9 cm³/mol. The van der Waals surface area contributed by atoms with Crippen LogP contribution in [-0.4, -0.2) is 36.1 Å². The molecule has 1 fully saturated rings. The van der Waals surface area contributed by atoms with E-state index in [0.29, 0.717) is 17.7 Å². The summed E-state index contributed by atoms with van der Waals surface area (Å²) < 4.78 is 0. The molecule has 1 aromatic heterocycles. The molecule has 1 saturated heterocycles. The number of anilines is 2. The maximum atomic E-state index is 11.6. The Balaban J connectivity index is 1.96. The smallest absolute Gasteiger partial charge is 0.276 e. The van der Waals surface area contributed by atoms with E-state index in [9.17, 15) is 4.79 Å². The third-order valence-corrected chi connectivity index (χ3v) is 3.67. The van der Waals surface area contributed by atoms with E-state index in [4.69, 9.17) is 5.73 Å². The molecule has 1 aliphatic heterocycles. The summed E-state index contributed by atoms with van der Waals surface area (Å²) in [5.74, 6) is 1.88. The van der Waals surface area contributed by atoms with Crippen LogP contribution in [0.5, 0.6) is 0 Å². The fraction of sp³-hybridized carbons (Fsp3) is 0.714. The SMILES string of the molecule is CC(C)CNCC1CCCN(c2nc[nH]c(=O)c2N)C1. The first-order valence-corrected chi connectivity index (χ1v) is 7.36. The zero-order valence-electron chi connectivity index (χ0n) is 12.4. The molecular weight excluding hydrogens is 254 g/mol. The number of H-pyrrole nitrogens is 1. The van der Waals surface area contributed by atoms with Crippen molar-refractivity contribution in [2.45, 2.75) is 26.7 Å². The van der Waals surface area contributed by atoms with Gasteiger partial charge in [-0.1, -0.05) is 13.8 Å². The molecule has 2 heterocycles. The van der Waals surface area contributed by atoms with Crippen LogP contribution >= 0.6 is 0 Å². The van der Waals surface area contributed by atoms with Crippen LogP contribution in [0.25, 0.3) is 0 Å². The highest BCUT2D eigenvalue weighted by Gasteiger charge is 2.22. The molecule has 20 heavy (non-hydrogen) atoms. The number of aromatic amines is 1. The van der Waals surface area contributed by atoms with E-state index in [1.165, 1.54) is 12.7 Å². The maximum absolute atomic E-state index is 11.6. The molecule has 6 heteroatoms. The molecule has 1 atom stereocenters. The highest BCUT2D eigenvalue weighted by atomic mass is 16.1. The zero-order chi connectivity index (χ0) is 14.5. The molecule has 1 unspecified atom stereocenters. The van der Waals surface area contributed by atoms with E-state index >= 15 is 0 Å². The first-order chi connectivity index (χ1) is 9.58. The highest BCUT2D eigenvalue weighted by molar-refractivity contribution is 5.60. The van der Waals surface area contributed by atoms with Crippen LogP contribution < -0.4 is 21.5 Å². The van der Waals surface area contributed by atoms with Crippen molar-refractivity contribution in [1.29, 1.82) is 0 Å². The first kappa shape index (κ1) is 14.8. The van der Waals surface area contributed by atoms with Gasteiger partial charge in [0.1, 0.15) is 5.69 Å². The highest BCUT2D eigenvalue weighted by Crippen LogP contribution is 2.23. The van der Waals surface area contributed by atoms with Crippen molar-refractivity contribution in [2.75, 3.05) is 36.8 Å². The lowest BCUT2D eigenvalue weighted by molar-refractivity contribution is 0.381. The van der Waals surface area contributed by atoms with E-state index in [0.717, 1.165) is 32.6 Å². The Morgan fingerprint density at radius 2 is 2.40 bits per heavy atom. The molecule has 0 amide bonds. The van der Waals surface area contributed by atoms with E-state index in [1.807, 2.05) is 0 Å². The van der Waals surface area contributed by atoms with Crippen LogP contribution in [0.4, 0.5) is 11.5 Å². The van der Waals surface area contributed by atoms with Gasteiger partial charge < -0.3 is 20.9 Å². The van der Waals surface area contributed by atoms with Gasteiger partial charge in [0.25, 0.3) is 5.56 Å². The van der Waals surface area contributed by atoms with Crippen molar-refractivity contribution in [3.8, 4) is 0 Å². The second-order valence-electron chi connectivity index (χ2n) is 5.98. The summed E-state index contributed by atoms with van der Waals surface area (Å²) in [4.78, 5) is 20.4. The molecule has 1 aromatic rings. The second kappa shape index (κ2) is 6.74. The summed E-state index contributed by atoms with van der Waals surface area (Å²) in [6.07, 6.45) is 3.75. The minimum absolute atomic E-state index is 0.225. The lowest BCUT2D eigenvalue weighted by Crippen LogP contribution is -2.41. The number of hydrogen-bond acceptors (Lipinski definition) is 5. The molecule has 0 saturated carbocycles. The fourth-order valence-corrected chi connectivity index (χ4v) is 2.65. The van der Waals surface area contributed by atoms with Crippen LogP contribution in [0, 0.1) is 11.8 Å². The number of nitrogens with two attached hydrogens (primary N) is 1. The summed E-state index contributed by atoms with van der Waals surface area (Å²) in [6.45, 7) is 8.30. The Morgan fingerprint density at radius 1 is 1.60 bits per heavy atom. The van der Waals surface area contributed by atoms with E-state index in [1.54, 1.807) is 0 Å². The predicted octanol–water partition coefficient (Wildman–Crippen LogP) is 0.814. The van der Waals surface area contributed by atoms with Crippen molar-refractivity contribution < 1.29 is 0 Å². The normalized spacial score (nSPS) is 19.6. The summed E-state index contributed by atoms with van der Waals surface area (Å²) in [5.41, 5.74) is 5.81. The van der Waals surface area contributed by atoms with Crippen LogP contribution in [-0.2, 0) is 0 Å². The number of aromatic nitrogens is 2. The van der Waals surface area contributed by atoms with Gasteiger partial charge in [-0.05, 0) is 37.8 Å². The molecule has 0 aromatic carbocycles. The number of nitrogens with one attached hydrogen (secondary N) is 2. The number of hydrogen-bond donors (Lipinski definition) is 3. The van der Waals surface area contributed by atoms with Crippen LogP contribution in [0.2, 0.25) is 0 Å². The molecular formula is C14H25N5O. The van der Waals surface area contributed by atoms with Crippen LogP contribution in [0.3, 0.4) is 0 Å². The van der Waals surface area contributed by atoms with Crippen molar-refractivity contribution in [3.05, 3.63) is 16.7 Å². The van der Waals surface area contributed by atoms with Crippen LogP contribution in [0.1, 0.15) is 26.7 Å². The first-order valence-electron chi connectivity index (χ1n) is 7.36. The van der Waals surface area contributed by atoms with Crippen molar-refractivity contribution in [2.24, 2.45) is 11.8 Å². The van der Waals surface area contributed by atoms with Gasteiger partial charge in [0.2, 0.25) is 0 Å². The van der Waals surface area contributed by atoms with E-state index in [2.05, 4.69) is 34.0 Å². The minimum Gasteiger partial charge on any atom is -0.391 e. The molecule has 0 spiro atoms. The third-order valence-electron chi connectivity index (χ3n) is 3.67. The quantitative estimate of drug-likeness (QED) is 0.742. The number of nitrogens with zero attached hydrogens (tertiary/aromatic N) is 2. The molecule has 2 rings (SSSR count). The number of nitrogen functional groups attached to an aromatic ring is 1. The monoisotopic (exact) mass is 279 g/mol. The summed E-state index contributed by atoms with van der Waals surface area (Å²) in [7, 11) is 0. The molecule has 112 valence electrons. The number of piperidine rings is 1. The van der Waals surface area contributed by atoms with E-state index < -0.39 is 0 Å². The molecule has 4 N–H and O–H groups in total. The van der Waals surface area contributed by atoms with Gasteiger partial charge in [-0.3, -0.25) is 4.79 Å². The Labute approximate surface area is 119 Å². The summed E-state index contributed by atoms with van der Waals surface area (Å²) in [5, 5.41) is 3.51. The van der Waals surface area contributed by atoms with Gasteiger partial charge in [-0.15, -0.1) is 0 Å². The Morgan fingerprint density at radius 3 is 3.15 bits per heavy atom. The molecule has 0 radical (unpaired) electrons. The largest absolute Gasteiger partial charge is 0.391 e. The van der Waals surface area contributed by atoms with Gasteiger partial charge in [-0.2, -0.15) is 0 Å². The van der Waals surface area contributed by atoms with E-state index in [-0.39, 0.29) is 11.2 Å². The fourth-order valence-electron chi connectivity index (χ4n) is 2.65. The van der Waals surface area contributed by atoms with Crippen molar-refractivity contribution in [3.63, 3.8) is 0 Å². The molecule has 6 nitrogen and oxygen atoms in total. The average Bonchev–Trinajstić information content (AvgIpc) is 2.42. The molecule has 0 bridgehead atoms. The Kier molecular flexibility index (Phi) is 5.00. The molecule has 0 aliphatic carbocycles. The Bertz CT molecular complexity index is 485. The second-order valence-corrected chi connectivity index (χ2v) is 5.98.